The van der Waals surface area contributed by atoms with Gasteiger partial charge < -0.3 is 10.6 Å². The van der Waals surface area contributed by atoms with Gasteiger partial charge in [-0.2, -0.15) is 0 Å². The molecule has 4 N–H and O–H groups in total. The topological polar surface area (TPSA) is 48.1 Å². The predicted molar refractivity (Wildman–Crippen MR) is 84.8 cm³/mol. The third kappa shape index (κ3) is 6.00. The standard InChI is InChI=1S/C11H15ClN4S2/c1-7(2)13-10(17)15-16-11(18)14-9-5-3-8(12)4-6-9/h3-7H,1-2H3,(H2,13,15,17)(H2,14,16,18). The minimum absolute atomic E-state index is 0.268. The summed E-state index contributed by atoms with van der Waals surface area (Å²) in [7, 11) is 0. The van der Waals surface area contributed by atoms with Crippen LogP contribution in [-0.2, 0) is 0 Å². The van der Waals surface area contributed by atoms with Crippen molar-refractivity contribution in [1.82, 2.24) is 16.2 Å². The first kappa shape index (κ1) is 14.9. The number of hydrogen-bond acceptors (Lipinski definition) is 2. The van der Waals surface area contributed by atoms with Crippen LogP contribution >= 0.6 is 36.0 Å². The van der Waals surface area contributed by atoms with Crippen LogP contribution in [0, 0.1) is 0 Å². The first-order valence-corrected chi connectivity index (χ1v) is 6.56. The Kier molecular flexibility index (Phi) is 6.11. The zero-order valence-corrected chi connectivity index (χ0v) is 12.5. The van der Waals surface area contributed by atoms with Gasteiger partial charge >= 0.3 is 0 Å². The summed E-state index contributed by atoms with van der Waals surface area (Å²) >= 11 is 15.9. The van der Waals surface area contributed by atoms with E-state index < -0.39 is 0 Å². The van der Waals surface area contributed by atoms with E-state index in [1.54, 1.807) is 12.1 Å². The van der Waals surface area contributed by atoms with E-state index in [0.717, 1.165) is 5.69 Å². The van der Waals surface area contributed by atoms with Crippen molar-refractivity contribution in [2.45, 2.75) is 19.9 Å². The Balaban J connectivity index is 2.34. The third-order valence-electron chi connectivity index (χ3n) is 1.81. The number of hydrazine groups is 1. The molecule has 1 aromatic rings. The average molecular weight is 303 g/mol. The van der Waals surface area contributed by atoms with E-state index in [-0.39, 0.29) is 6.04 Å². The molecule has 0 unspecified atom stereocenters. The molecule has 0 radical (unpaired) electrons. The van der Waals surface area contributed by atoms with E-state index in [0.29, 0.717) is 15.2 Å². The molecule has 0 aliphatic rings. The highest BCUT2D eigenvalue weighted by atomic mass is 35.5. The zero-order valence-electron chi connectivity index (χ0n) is 10.1. The lowest BCUT2D eigenvalue weighted by Crippen LogP contribution is -2.49. The van der Waals surface area contributed by atoms with Crippen molar-refractivity contribution in [3.8, 4) is 0 Å². The number of rotatable bonds is 2. The van der Waals surface area contributed by atoms with Gasteiger partial charge in [-0.25, -0.2) is 0 Å². The highest BCUT2D eigenvalue weighted by Gasteiger charge is 2.00. The number of thiocarbonyl (C=S) groups is 2. The fourth-order valence-corrected chi connectivity index (χ4v) is 1.69. The van der Waals surface area contributed by atoms with E-state index in [1.165, 1.54) is 0 Å². The number of halogens is 1. The number of nitrogens with one attached hydrogen (secondary N) is 4. The lowest BCUT2D eigenvalue weighted by Gasteiger charge is -2.15. The van der Waals surface area contributed by atoms with Crippen LogP contribution in [0.5, 0.6) is 0 Å². The minimum Gasteiger partial charge on any atom is -0.359 e. The van der Waals surface area contributed by atoms with Crippen LogP contribution in [0.3, 0.4) is 0 Å². The molecule has 0 aliphatic carbocycles. The SMILES string of the molecule is CC(C)NC(=S)NNC(=S)Nc1ccc(Cl)cc1. The normalized spacial score (nSPS) is 9.78. The predicted octanol–water partition coefficient (Wildman–Crippen LogP) is 2.41. The summed E-state index contributed by atoms with van der Waals surface area (Å²) in [5.74, 6) is 0. The van der Waals surface area contributed by atoms with Gasteiger partial charge in [-0.05, 0) is 62.5 Å². The Morgan fingerprint density at radius 2 is 1.61 bits per heavy atom. The Bertz CT molecular complexity index is 420. The van der Waals surface area contributed by atoms with Crippen molar-refractivity contribution in [2.75, 3.05) is 5.32 Å². The second-order valence-corrected chi connectivity index (χ2v) is 5.09. The molecule has 98 valence electrons. The van der Waals surface area contributed by atoms with Crippen LogP contribution in [0.1, 0.15) is 13.8 Å². The lowest BCUT2D eigenvalue weighted by atomic mass is 10.3. The molecule has 1 rings (SSSR count). The van der Waals surface area contributed by atoms with Gasteiger partial charge in [-0.3, -0.25) is 10.9 Å². The van der Waals surface area contributed by atoms with E-state index in [2.05, 4.69) is 21.5 Å². The summed E-state index contributed by atoms with van der Waals surface area (Å²) in [6, 6.07) is 7.50. The minimum atomic E-state index is 0.268. The van der Waals surface area contributed by atoms with Crippen molar-refractivity contribution in [1.29, 1.82) is 0 Å². The monoisotopic (exact) mass is 302 g/mol. The number of benzene rings is 1. The summed E-state index contributed by atoms with van der Waals surface area (Å²) in [6.45, 7) is 4.00. The first-order chi connectivity index (χ1) is 8.47. The molecule has 0 atom stereocenters. The number of anilines is 1. The molecule has 0 amide bonds. The summed E-state index contributed by atoms with van der Waals surface area (Å²) < 4.78 is 0. The summed E-state index contributed by atoms with van der Waals surface area (Å²) in [4.78, 5) is 0. The number of hydrogen-bond donors (Lipinski definition) is 4. The maximum absolute atomic E-state index is 5.79. The third-order valence-corrected chi connectivity index (χ3v) is 2.49. The second kappa shape index (κ2) is 7.35. The van der Waals surface area contributed by atoms with Crippen LogP contribution in [0.4, 0.5) is 5.69 Å². The summed E-state index contributed by atoms with van der Waals surface area (Å²) in [5.41, 5.74) is 6.42. The quantitative estimate of drug-likeness (QED) is 0.497. The van der Waals surface area contributed by atoms with Gasteiger partial charge in [0.1, 0.15) is 0 Å². The van der Waals surface area contributed by atoms with Gasteiger partial charge in [0.05, 0.1) is 0 Å². The molecule has 0 aromatic heterocycles. The Labute approximate surface area is 122 Å². The Hall–Kier alpha value is -1.11. The lowest BCUT2D eigenvalue weighted by molar-refractivity contribution is 0.705. The van der Waals surface area contributed by atoms with E-state index in [9.17, 15) is 0 Å². The maximum Gasteiger partial charge on any atom is 0.189 e. The van der Waals surface area contributed by atoms with Crippen molar-refractivity contribution in [3.63, 3.8) is 0 Å². The van der Waals surface area contributed by atoms with Crippen LogP contribution in [0.15, 0.2) is 24.3 Å². The van der Waals surface area contributed by atoms with Gasteiger partial charge in [0.25, 0.3) is 0 Å². The zero-order chi connectivity index (χ0) is 13.5. The molecule has 0 bridgehead atoms. The van der Waals surface area contributed by atoms with Crippen LogP contribution < -0.4 is 21.5 Å². The van der Waals surface area contributed by atoms with Crippen molar-refractivity contribution < 1.29 is 0 Å². The van der Waals surface area contributed by atoms with Gasteiger partial charge in [0, 0.05) is 16.8 Å². The first-order valence-electron chi connectivity index (χ1n) is 5.36. The molecule has 1 aromatic carbocycles. The maximum atomic E-state index is 5.79. The highest BCUT2D eigenvalue weighted by molar-refractivity contribution is 7.80. The molecule has 0 aliphatic heterocycles. The molecule has 4 nitrogen and oxygen atoms in total. The van der Waals surface area contributed by atoms with Crippen molar-refractivity contribution in [3.05, 3.63) is 29.3 Å². The van der Waals surface area contributed by atoms with Crippen LogP contribution in [-0.4, -0.2) is 16.3 Å². The molecule has 0 saturated carbocycles. The van der Waals surface area contributed by atoms with Gasteiger partial charge in [0.2, 0.25) is 0 Å². The fourth-order valence-electron chi connectivity index (χ4n) is 1.11. The molecule has 0 saturated heterocycles. The molecule has 0 fully saturated rings. The molecule has 7 heteroatoms. The average Bonchev–Trinajstić information content (AvgIpc) is 2.29. The van der Waals surface area contributed by atoms with E-state index in [1.807, 2.05) is 26.0 Å². The van der Waals surface area contributed by atoms with E-state index >= 15 is 0 Å². The second-order valence-electron chi connectivity index (χ2n) is 3.84. The van der Waals surface area contributed by atoms with Crippen molar-refractivity contribution in [2.24, 2.45) is 0 Å². The smallest absolute Gasteiger partial charge is 0.189 e. The van der Waals surface area contributed by atoms with Gasteiger partial charge in [0.15, 0.2) is 10.2 Å². The van der Waals surface area contributed by atoms with Gasteiger partial charge in [-0.1, -0.05) is 11.6 Å². The largest absolute Gasteiger partial charge is 0.359 e. The fraction of sp³-hybridized carbons (Fsp3) is 0.273. The van der Waals surface area contributed by atoms with Crippen molar-refractivity contribution >= 4 is 51.9 Å². The Morgan fingerprint density at radius 1 is 1.06 bits per heavy atom. The summed E-state index contributed by atoms with van der Waals surface area (Å²) in [5, 5.41) is 7.60. The molecule has 0 heterocycles. The molecular weight excluding hydrogens is 288 g/mol. The van der Waals surface area contributed by atoms with Crippen LogP contribution in [0.25, 0.3) is 0 Å². The molecular formula is C11H15ClN4S2. The van der Waals surface area contributed by atoms with Crippen LogP contribution in [0.2, 0.25) is 5.02 Å². The molecule has 0 spiro atoms. The summed E-state index contributed by atoms with van der Waals surface area (Å²) in [6.07, 6.45) is 0. The van der Waals surface area contributed by atoms with E-state index in [4.69, 9.17) is 36.0 Å². The Morgan fingerprint density at radius 3 is 2.17 bits per heavy atom. The molecule has 18 heavy (non-hydrogen) atoms. The van der Waals surface area contributed by atoms with Gasteiger partial charge in [-0.15, -0.1) is 0 Å². The highest BCUT2D eigenvalue weighted by Crippen LogP contribution is 2.12.